The minimum absolute atomic E-state index is 0.0250. The number of aliphatic carboxylic acids is 1. The van der Waals surface area contributed by atoms with Crippen LogP contribution in [0.25, 0.3) is 0 Å². The highest BCUT2D eigenvalue weighted by molar-refractivity contribution is 5.84. The smallest absolute Gasteiger partial charge is 0.315 e. The van der Waals surface area contributed by atoms with Crippen molar-refractivity contribution in [1.82, 2.24) is 5.32 Å². The number of carbonyl (C=O) groups excluding carboxylic acids is 1. The van der Waals surface area contributed by atoms with Gasteiger partial charge in [-0.2, -0.15) is 0 Å². The van der Waals surface area contributed by atoms with Crippen molar-refractivity contribution in [2.24, 2.45) is 0 Å². The second kappa shape index (κ2) is 9.04. The third-order valence-corrected chi connectivity index (χ3v) is 4.26. The van der Waals surface area contributed by atoms with Crippen LogP contribution < -0.4 is 10.1 Å². The van der Waals surface area contributed by atoms with Gasteiger partial charge < -0.3 is 15.2 Å². The van der Waals surface area contributed by atoms with E-state index in [-0.39, 0.29) is 18.9 Å². The fourth-order valence-corrected chi connectivity index (χ4v) is 2.60. The van der Waals surface area contributed by atoms with E-state index >= 15 is 0 Å². The Morgan fingerprint density at radius 2 is 1.85 bits per heavy atom. The molecule has 26 heavy (non-hydrogen) atoms. The molecular weight excluding hydrogens is 330 g/mol. The van der Waals surface area contributed by atoms with Gasteiger partial charge in [-0.3, -0.25) is 9.59 Å². The van der Waals surface area contributed by atoms with Gasteiger partial charge in [-0.25, -0.2) is 0 Å². The number of hydrogen-bond donors (Lipinski definition) is 2. The number of carboxylic acids is 1. The van der Waals surface area contributed by atoms with Crippen molar-refractivity contribution in [1.29, 1.82) is 0 Å². The fraction of sp³-hybridized carbons (Fsp3) is 0.333. The maximum atomic E-state index is 12.3. The lowest BCUT2D eigenvalue weighted by molar-refractivity contribution is -0.143. The second-order valence-corrected chi connectivity index (χ2v) is 6.45. The summed E-state index contributed by atoms with van der Waals surface area (Å²) in [5, 5.41) is 12.4. The molecule has 1 amide bonds. The number of rotatable bonds is 9. The van der Waals surface area contributed by atoms with Gasteiger partial charge in [-0.1, -0.05) is 49.4 Å². The lowest BCUT2D eigenvalue weighted by Crippen LogP contribution is -2.44. The molecule has 2 N–H and O–H groups in total. The average Bonchev–Trinajstić information content (AvgIpc) is 2.65. The molecule has 2 aromatic rings. The molecule has 2 aromatic carbocycles. The van der Waals surface area contributed by atoms with Crippen molar-refractivity contribution < 1.29 is 19.4 Å². The van der Waals surface area contributed by atoms with Gasteiger partial charge >= 0.3 is 5.97 Å². The molecule has 5 heteroatoms. The van der Waals surface area contributed by atoms with Crippen LogP contribution in [0.3, 0.4) is 0 Å². The van der Waals surface area contributed by atoms with Crippen LogP contribution in [-0.2, 0) is 21.4 Å². The lowest BCUT2D eigenvalue weighted by atomic mass is 9.82. The normalized spacial score (nSPS) is 12.8. The first-order chi connectivity index (χ1) is 12.5. The number of amides is 1. The molecule has 0 saturated carbocycles. The molecule has 0 radical (unpaired) electrons. The van der Waals surface area contributed by atoms with Gasteiger partial charge in [0.2, 0.25) is 5.91 Å². The molecule has 2 rings (SSSR count). The molecule has 0 spiro atoms. The van der Waals surface area contributed by atoms with E-state index in [4.69, 9.17) is 4.74 Å². The molecule has 1 atom stereocenters. The molecule has 0 fully saturated rings. The van der Waals surface area contributed by atoms with E-state index in [1.807, 2.05) is 37.3 Å². The van der Waals surface area contributed by atoms with Gasteiger partial charge in [-0.05, 0) is 36.6 Å². The third-order valence-electron chi connectivity index (χ3n) is 4.26. The van der Waals surface area contributed by atoms with E-state index in [1.54, 1.807) is 31.2 Å². The molecule has 0 aliphatic heterocycles. The molecule has 0 saturated heterocycles. The number of nitrogens with one attached hydrogen (secondary N) is 1. The van der Waals surface area contributed by atoms with Crippen LogP contribution in [0.4, 0.5) is 0 Å². The van der Waals surface area contributed by atoms with Crippen LogP contribution in [-0.4, -0.2) is 30.1 Å². The summed E-state index contributed by atoms with van der Waals surface area (Å²) in [6.45, 7) is 4.30. The summed E-state index contributed by atoms with van der Waals surface area (Å²) in [5.41, 5.74) is 0.304. The molecule has 138 valence electrons. The van der Waals surface area contributed by atoms with E-state index in [9.17, 15) is 14.7 Å². The predicted octanol–water partition coefficient (Wildman–Crippen LogP) is 3.18. The Bertz CT molecular complexity index is 745. The summed E-state index contributed by atoms with van der Waals surface area (Å²) in [6, 6.07) is 16.3. The van der Waals surface area contributed by atoms with Crippen LogP contribution >= 0.6 is 0 Å². The fourth-order valence-electron chi connectivity index (χ4n) is 2.60. The molecular formula is C21H25NO4. The van der Waals surface area contributed by atoms with Gasteiger partial charge in [0.1, 0.15) is 11.2 Å². The van der Waals surface area contributed by atoms with Gasteiger partial charge in [0.15, 0.2) is 0 Å². The SMILES string of the molecule is CCCOc1cccc(CC(=O)NCC(C)(C(=O)O)c2ccccc2)c1. The quantitative estimate of drug-likeness (QED) is 0.724. The summed E-state index contributed by atoms with van der Waals surface area (Å²) >= 11 is 0. The topological polar surface area (TPSA) is 75.6 Å². The van der Waals surface area contributed by atoms with Gasteiger partial charge in [0, 0.05) is 6.54 Å². The summed E-state index contributed by atoms with van der Waals surface area (Å²) in [6.07, 6.45) is 1.09. The van der Waals surface area contributed by atoms with Crippen LogP contribution in [0, 0.1) is 0 Å². The molecule has 0 aliphatic rings. The van der Waals surface area contributed by atoms with Crippen molar-refractivity contribution in [3.8, 4) is 5.75 Å². The number of benzene rings is 2. The highest BCUT2D eigenvalue weighted by atomic mass is 16.5. The first kappa shape index (κ1) is 19.5. The second-order valence-electron chi connectivity index (χ2n) is 6.45. The summed E-state index contributed by atoms with van der Waals surface area (Å²) in [7, 11) is 0. The Kier molecular flexibility index (Phi) is 6.78. The van der Waals surface area contributed by atoms with E-state index in [0.717, 1.165) is 17.7 Å². The summed E-state index contributed by atoms with van der Waals surface area (Å²) in [4.78, 5) is 24.1. The molecule has 5 nitrogen and oxygen atoms in total. The zero-order chi connectivity index (χ0) is 19.0. The highest BCUT2D eigenvalue weighted by Gasteiger charge is 2.35. The maximum absolute atomic E-state index is 12.3. The zero-order valence-electron chi connectivity index (χ0n) is 15.2. The van der Waals surface area contributed by atoms with Gasteiger partial charge in [-0.15, -0.1) is 0 Å². The minimum atomic E-state index is -1.18. The molecule has 0 aliphatic carbocycles. The van der Waals surface area contributed by atoms with Crippen LogP contribution in [0.15, 0.2) is 54.6 Å². The maximum Gasteiger partial charge on any atom is 0.315 e. The van der Waals surface area contributed by atoms with E-state index < -0.39 is 11.4 Å². The Morgan fingerprint density at radius 1 is 1.12 bits per heavy atom. The van der Waals surface area contributed by atoms with Crippen molar-refractivity contribution in [3.63, 3.8) is 0 Å². The van der Waals surface area contributed by atoms with Gasteiger partial charge in [0.05, 0.1) is 13.0 Å². The van der Waals surface area contributed by atoms with E-state index in [2.05, 4.69) is 5.32 Å². The summed E-state index contributed by atoms with van der Waals surface area (Å²) < 4.78 is 5.57. The standard InChI is InChI=1S/C21H25NO4/c1-3-12-26-18-11-7-8-16(13-18)14-19(23)22-15-21(2,20(24)25)17-9-5-4-6-10-17/h4-11,13H,3,12,14-15H2,1-2H3,(H,22,23)(H,24,25). The Labute approximate surface area is 154 Å². The number of carbonyl (C=O) groups is 2. The number of ether oxygens (including phenoxy) is 1. The third kappa shape index (κ3) is 5.09. The van der Waals surface area contributed by atoms with Gasteiger partial charge in [0.25, 0.3) is 0 Å². The molecule has 1 unspecified atom stereocenters. The number of carboxylic acid groups (broad SMARTS) is 1. The number of hydrogen-bond acceptors (Lipinski definition) is 3. The van der Waals surface area contributed by atoms with Crippen LogP contribution in [0.5, 0.6) is 5.75 Å². The Balaban J connectivity index is 2.00. The molecule has 0 heterocycles. The lowest BCUT2D eigenvalue weighted by Gasteiger charge is -2.25. The van der Waals surface area contributed by atoms with Crippen molar-refractivity contribution in [2.75, 3.05) is 13.2 Å². The zero-order valence-corrected chi connectivity index (χ0v) is 15.2. The Morgan fingerprint density at radius 3 is 2.50 bits per heavy atom. The van der Waals surface area contributed by atoms with Crippen LogP contribution in [0.2, 0.25) is 0 Å². The summed E-state index contributed by atoms with van der Waals surface area (Å²) in [5.74, 6) is -0.461. The highest BCUT2D eigenvalue weighted by Crippen LogP contribution is 2.23. The largest absolute Gasteiger partial charge is 0.494 e. The molecule has 0 aromatic heterocycles. The minimum Gasteiger partial charge on any atom is -0.494 e. The van der Waals surface area contributed by atoms with Crippen molar-refractivity contribution in [2.45, 2.75) is 32.1 Å². The first-order valence-electron chi connectivity index (χ1n) is 8.73. The van der Waals surface area contributed by atoms with E-state index in [1.165, 1.54) is 0 Å². The average molecular weight is 355 g/mol. The van der Waals surface area contributed by atoms with Crippen molar-refractivity contribution in [3.05, 3.63) is 65.7 Å². The Hall–Kier alpha value is -2.82. The van der Waals surface area contributed by atoms with E-state index in [0.29, 0.717) is 12.2 Å². The monoisotopic (exact) mass is 355 g/mol. The molecule has 0 bridgehead atoms. The van der Waals surface area contributed by atoms with Crippen LogP contribution in [0.1, 0.15) is 31.4 Å². The predicted molar refractivity (Wildman–Crippen MR) is 100 cm³/mol. The van der Waals surface area contributed by atoms with Crippen molar-refractivity contribution >= 4 is 11.9 Å². The first-order valence-corrected chi connectivity index (χ1v) is 8.73.